The normalized spacial score (nSPS) is 8.11. The molecule has 0 saturated carbocycles. The summed E-state index contributed by atoms with van der Waals surface area (Å²) in [5.41, 5.74) is 0. The minimum absolute atomic E-state index is 0. The second-order valence-corrected chi connectivity index (χ2v) is 1.84. The Labute approximate surface area is 78.0 Å². The van der Waals surface area contributed by atoms with E-state index in [-0.39, 0.29) is 26.2 Å². The molecular weight excluding hydrogens is 331 g/mol. The van der Waals surface area contributed by atoms with E-state index >= 15 is 0 Å². The van der Waals surface area contributed by atoms with Crippen LogP contribution in [0.5, 0.6) is 0 Å². The van der Waals surface area contributed by atoms with E-state index in [1.54, 1.807) is 18.2 Å². The Morgan fingerprint density at radius 1 is 1.44 bits per heavy atom. The van der Waals surface area contributed by atoms with E-state index in [1.807, 2.05) is 0 Å². The molecule has 4 heteroatoms. The molecule has 0 N–H and O–H groups in total. The first-order valence-corrected chi connectivity index (χ1v) is 2.62. The van der Waals surface area contributed by atoms with Crippen LogP contribution in [-0.4, -0.2) is 26.2 Å². The number of hydrogen-bond donors (Lipinski definition) is 1. The molecule has 1 aromatic heterocycles. The third-order valence-electron chi connectivity index (χ3n) is 0.804. The molecule has 1 aromatic rings. The van der Waals surface area contributed by atoms with Gasteiger partial charge in [-0.1, -0.05) is 12.6 Å². The van der Waals surface area contributed by atoms with E-state index in [9.17, 15) is 5.21 Å². The van der Waals surface area contributed by atoms with Crippen LogP contribution >= 0.6 is 12.6 Å². The fourth-order valence-corrected chi connectivity index (χ4v) is 0.572. The number of pyridine rings is 1. The van der Waals surface area contributed by atoms with Gasteiger partial charge in [-0.25, -0.2) is 0 Å². The van der Waals surface area contributed by atoms with Crippen LogP contribution in [0.4, 0.5) is 0 Å². The summed E-state index contributed by atoms with van der Waals surface area (Å²) < 4.78 is 0.698. The van der Waals surface area contributed by atoms with E-state index in [2.05, 4.69) is 12.6 Å². The van der Waals surface area contributed by atoms with Gasteiger partial charge in [-0.3, -0.25) is 0 Å². The molecule has 2 nitrogen and oxygen atoms in total. The summed E-state index contributed by atoms with van der Waals surface area (Å²) in [4.78, 5) is 0. The average molecular weight is 339 g/mol. The van der Waals surface area contributed by atoms with Gasteiger partial charge in [0.2, 0.25) is 5.03 Å². The summed E-state index contributed by atoms with van der Waals surface area (Å²) >= 11 is 3.85. The van der Waals surface area contributed by atoms with Crippen LogP contribution in [0.2, 0.25) is 0 Å². The van der Waals surface area contributed by atoms with Gasteiger partial charge in [0.1, 0.15) is 0 Å². The van der Waals surface area contributed by atoms with Crippen LogP contribution in [0.3, 0.4) is 0 Å². The fourth-order valence-electron chi connectivity index (χ4n) is 0.419. The van der Waals surface area contributed by atoms with Crippen molar-refractivity contribution < 1.29 is 4.73 Å². The average Bonchev–Trinajstić information content (AvgIpc) is 1.77. The minimum atomic E-state index is 0. The quantitative estimate of drug-likeness (QED) is 0.291. The van der Waals surface area contributed by atoms with Crippen molar-refractivity contribution in [1.82, 2.24) is 0 Å². The zero-order chi connectivity index (χ0) is 5.98. The van der Waals surface area contributed by atoms with Crippen molar-refractivity contribution in [3.05, 3.63) is 29.6 Å². The van der Waals surface area contributed by atoms with E-state index in [1.165, 1.54) is 6.20 Å². The summed E-state index contributed by atoms with van der Waals surface area (Å²) in [6, 6.07) is 5.06. The molecule has 0 aliphatic heterocycles. The molecule has 1 rings (SSSR count). The smallest absolute Gasteiger partial charge is 0.248 e. The summed E-state index contributed by atoms with van der Waals surface area (Å²) in [6.45, 7) is 0. The van der Waals surface area contributed by atoms with Crippen molar-refractivity contribution in [2.24, 2.45) is 0 Å². The van der Waals surface area contributed by atoms with Crippen molar-refractivity contribution in [3.8, 4) is 0 Å². The van der Waals surface area contributed by atoms with Gasteiger partial charge in [-0.2, -0.15) is 4.73 Å². The second kappa shape index (κ2) is 4.07. The Balaban J connectivity index is 0.000000640. The molecule has 0 aliphatic rings. The maximum absolute atomic E-state index is 10.5. The van der Waals surface area contributed by atoms with E-state index in [4.69, 9.17) is 0 Å². The van der Waals surface area contributed by atoms with Crippen molar-refractivity contribution >= 4 is 38.8 Å². The molecule has 1 heterocycles. The summed E-state index contributed by atoms with van der Waals surface area (Å²) in [5.74, 6) is 0. The van der Waals surface area contributed by atoms with Gasteiger partial charge in [-0.05, 0) is 6.07 Å². The van der Waals surface area contributed by atoms with Gasteiger partial charge in [0.25, 0.3) is 0 Å². The third-order valence-corrected chi connectivity index (χ3v) is 1.15. The topological polar surface area (TPSA) is 26.9 Å². The Hall–Kier alpha value is 0.183. The van der Waals surface area contributed by atoms with Gasteiger partial charge in [-0.15, -0.1) is 0 Å². The first-order chi connectivity index (χ1) is 3.80. The monoisotopic (exact) mass is 339 g/mol. The molecule has 0 atom stereocenters. The number of nitrogens with zero attached hydrogens (tertiary/aromatic N) is 1. The minimum Gasteiger partial charge on any atom is -0.618 e. The van der Waals surface area contributed by atoms with Crippen LogP contribution in [-0.2, 0) is 0 Å². The molecule has 0 radical (unpaired) electrons. The van der Waals surface area contributed by atoms with Crippen LogP contribution < -0.4 is 4.73 Å². The molecule has 0 fully saturated rings. The van der Waals surface area contributed by atoms with Gasteiger partial charge >= 0.3 is 26.2 Å². The number of rotatable bonds is 0. The maximum Gasteiger partial charge on any atom is 0.248 e. The van der Waals surface area contributed by atoms with Crippen molar-refractivity contribution in [2.75, 3.05) is 0 Å². The maximum atomic E-state index is 10.5. The number of aromatic nitrogens is 1. The predicted octanol–water partition coefficient (Wildman–Crippen LogP) is -0.575. The molecule has 9 heavy (non-hydrogen) atoms. The first-order valence-electron chi connectivity index (χ1n) is 2.18. The first kappa shape index (κ1) is 9.18. The largest absolute Gasteiger partial charge is 0.618 e. The standard InChI is InChI=1S/C5H5NOS.Bi.3H/c7-6-4-2-1-3-5(6)8;;;;/h1-4,8H;;;;. The molecular formula is C5H8BiNOS. The molecule has 0 aromatic carbocycles. The molecule has 50 valence electrons. The zero-order valence-corrected chi connectivity index (χ0v) is 11.2. The summed E-state index contributed by atoms with van der Waals surface area (Å²) in [7, 11) is 0. The van der Waals surface area contributed by atoms with Gasteiger partial charge in [0.05, 0.1) is 0 Å². The van der Waals surface area contributed by atoms with Gasteiger partial charge in [0.15, 0.2) is 6.20 Å². The predicted molar refractivity (Wildman–Crippen MR) is 42.6 cm³/mol. The summed E-state index contributed by atoms with van der Waals surface area (Å²) in [5, 5.41) is 10.9. The molecule has 0 spiro atoms. The molecule has 0 bridgehead atoms. The van der Waals surface area contributed by atoms with Gasteiger partial charge in [0, 0.05) is 12.1 Å². The Bertz CT molecular complexity index is 173. The van der Waals surface area contributed by atoms with Crippen LogP contribution in [0.1, 0.15) is 0 Å². The second-order valence-electron chi connectivity index (χ2n) is 1.38. The SMILES string of the molecule is [BiH3].[O-][n+]1ccccc1S. The number of hydrogen-bond acceptors (Lipinski definition) is 2. The Morgan fingerprint density at radius 2 is 2.11 bits per heavy atom. The van der Waals surface area contributed by atoms with E-state index < -0.39 is 0 Å². The zero-order valence-electron chi connectivity index (χ0n) is 4.82. The van der Waals surface area contributed by atoms with Crippen molar-refractivity contribution in [1.29, 1.82) is 0 Å². The van der Waals surface area contributed by atoms with E-state index in [0.717, 1.165) is 0 Å². The molecule has 0 unspecified atom stereocenters. The van der Waals surface area contributed by atoms with Crippen LogP contribution in [0.25, 0.3) is 0 Å². The fraction of sp³-hybridized carbons (Fsp3) is 0. The molecule has 0 aliphatic carbocycles. The third kappa shape index (κ3) is 2.50. The molecule has 0 saturated heterocycles. The molecule has 0 amide bonds. The van der Waals surface area contributed by atoms with Crippen molar-refractivity contribution in [2.45, 2.75) is 5.03 Å². The van der Waals surface area contributed by atoms with Crippen LogP contribution in [0, 0.1) is 5.21 Å². The summed E-state index contributed by atoms with van der Waals surface area (Å²) in [6.07, 6.45) is 1.41. The van der Waals surface area contributed by atoms with Gasteiger partial charge < -0.3 is 5.21 Å². The van der Waals surface area contributed by atoms with E-state index in [0.29, 0.717) is 9.76 Å². The van der Waals surface area contributed by atoms with Crippen molar-refractivity contribution in [3.63, 3.8) is 0 Å². The van der Waals surface area contributed by atoms with Crippen LogP contribution in [0.15, 0.2) is 29.4 Å². The Morgan fingerprint density at radius 3 is 2.44 bits per heavy atom. The number of thiol groups is 1. The Kier molecular flexibility index (Phi) is 4.15.